The zero-order valence-electron chi connectivity index (χ0n) is 12.9. The molecule has 0 radical (unpaired) electrons. The van der Waals surface area contributed by atoms with Gasteiger partial charge in [-0.2, -0.15) is 0 Å². The molecule has 3 aromatic carbocycles. The minimum Gasteiger partial charge on any atom is -0.344 e. The molecule has 0 unspecified atom stereocenters. The second kappa shape index (κ2) is 4.01. The monoisotopic (exact) mass is 283 g/mol. The molecule has 106 valence electrons. The molecule has 0 saturated heterocycles. The second-order valence-corrected chi connectivity index (χ2v) is 6.41. The van der Waals surface area contributed by atoms with E-state index in [0.29, 0.717) is 0 Å². The summed E-state index contributed by atoms with van der Waals surface area (Å²) in [6.07, 6.45) is 1.06. The van der Waals surface area contributed by atoms with Crippen molar-refractivity contribution in [1.29, 1.82) is 0 Å². The van der Waals surface area contributed by atoms with Crippen LogP contribution in [-0.4, -0.2) is 4.57 Å². The summed E-state index contributed by atoms with van der Waals surface area (Å²) < 4.78 is 2.33. The van der Waals surface area contributed by atoms with Crippen LogP contribution in [0.3, 0.4) is 0 Å². The van der Waals surface area contributed by atoms with Crippen LogP contribution in [0.15, 0.2) is 54.6 Å². The third kappa shape index (κ3) is 1.38. The van der Waals surface area contributed by atoms with Crippen molar-refractivity contribution in [2.24, 2.45) is 7.05 Å². The highest BCUT2D eigenvalue weighted by Crippen LogP contribution is 2.44. The second-order valence-electron chi connectivity index (χ2n) is 6.41. The van der Waals surface area contributed by atoms with Crippen LogP contribution in [0.4, 0.5) is 0 Å². The van der Waals surface area contributed by atoms with Gasteiger partial charge in [0.1, 0.15) is 0 Å². The van der Waals surface area contributed by atoms with Crippen molar-refractivity contribution >= 4 is 21.8 Å². The largest absolute Gasteiger partial charge is 0.344 e. The van der Waals surface area contributed by atoms with Gasteiger partial charge in [-0.3, -0.25) is 0 Å². The first kappa shape index (κ1) is 12.0. The summed E-state index contributed by atoms with van der Waals surface area (Å²) in [5.41, 5.74) is 9.74. The van der Waals surface area contributed by atoms with E-state index in [0.717, 1.165) is 6.42 Å². The van der Waals surface area contributed by atoms with Crippen molar-refractivity contribution in [2.75, 3.05) is 0 Å². The molecule has 0 amide bonds. The zero-order valence-corrected chi connectivity index (χ0v) is 12.9. The van der Waals surface area contributed by atoms with Crippen LogP contribution in [0, 0.1) is 6.92 Å². The van der Waals surface area contributed by atoms with Gasteiger partial charge in [0.05, 0.1) is 0 Å². The fourth-order valence-corrected chi connectivity index (χ4v) is 4.03. The summed E-state index contributed by atoms with van der Waals surface area (Å²) in [6.45, 7) is 2.16. The van der Waals surface area contributed by atoms with Crippen LogP contribution in [0.2, 0.25) is 0 Å². The number of aryl methyl sites for hydroxylation is 2. The Kier molecular flexibility index (Phi) is 2.20. The van der Waals surface area contributed by atoms with Gasteiger partial charge in [-0.25, -0.2) is 0 Å². The topological polar surface area (TPSA) is 4.93 Å². The lowest BCUT2D eigenvalue weighted by atomic mass is 9.99. The Bertz CT molecular complexity index is 1070. The Morgan fingerprint density at radius 1 is 0.864 bits per heavy atom. The molecular formula is C21H17N. The van der Waals surface area contributed by atoms with Crippen LogP contribution in [0.5, 0.6) is 0 Å². The normalized spacial score (nSPS) is 12.8. The van der Waals surface area contributed by atoms with E-state index < -0.39 is 0 Å². The van der Waals surface area contributed by atoms with Gasteiger partial charge in [0, 0.05) is 28.9 Å². The van der Waals surface area contributed by atoms with E-state index in [9.17, 15) is 0 Å². The molecule has 1 nitrogen and oxygen atoms in total. The number of hydrogen-bond donors (Lipinski definition) is 0. The maximum atomic E-state index is 2.33. The van der Waals surface area contributed by atoms with Gasteiger partial charge < -0.3 is 4.57 Å². The van der Waals surface area contributed by atoms with Crippen LogP contribution >= 0.6 is 0 Å². The molecule has 5 rings (SSSR count). The third-order valence-electron chi connectivity index (χ3n) is 5.08. The SMILES string of the molecule is Cc1ccc2c3c4c(ccc3n(C)c2c1)Cc1ccccc1-4. The molecule has 1 aliphatic rings. The minimum absolute atomic E-state index is 1.06. The van der Waals surface area contributed by atoms with Crippen LogP contribution in [0.1, 0.15) is 16.7 Å². The van der Waals surface area contributed by atoms with Crippen molar-refractivity contribution in [1.82, 2.24) is 4.57 Å². The molecule has 1 aliphatic carbocycles. The third-order valence-corrected chi connectivity index (χ3v) is 5.08. The Hall–Kier alpha value is -2.54. The summed E-state index contributed by atoms with van der Waals surface area (Å²) in [5, 5.41) is 2.79. The van der Waals surface area contributed by atoms with Gasteiger partial charge in [0.25, 0.3) is 0 Å². The standard InChI is InChI=1S/C21H17N/c1-13-7-9-17-19(11-13)22(2)18-10-8-15-12-14-5-3-4-6-16(14)20(15)21(17)18/h3-11H,12H2,1-2H3. The van der Waals surface area contributed by atoms with Gasteiger partial charge in [0.2, 0.25) is 0 Å². The summed E-state index contributed by atoms with van der Waals surface area (Å²) >= 11 is 0. The molecule has 0 N–H and O–H groups in total. The highest BCUT2D eigenvalue weighted by Gasteiger charge is 2.23. The van der Waals surface area contributed by atoms with E-state index in [4.69, 9.17) is 0 Å². The number of fused-ring (bicyclic) bond motifs is 7. The quantitative estimate of drug-likeness (QED) is 0.367. The fraction of sp³-hybridized carbons (Fsp3) is 0.143. The van der Waals surface area contributed by atoms with E-state index in [1.54, 1.807) is 0 Å². The smallest absolute Gasteiger partial charge is 0.0495 e. The maximum Gasteiger partial charge on any atom is 0.0495 e. The van der Waals surface area contributed by atoms with Crippen LogP contribution in [-0.2, 0) is 13.5 Å². The van der Waals surface area contributed by atoms with E-state index in [1.165, 1.54) is 49.6 Å². The highest BCUT2D eigenvalue weighted by atomic mass is 14.9. The van der Waals surface area contributed by atoms with E-state index in [-0.39, 0.29) is 0 Å². The predicted molar refractivity (Wildman–Crippen MR) is 93.4 cm³/mol. The molecule has 22 heavy (non-hydrogen) atoms. The average Bonchev–Trinajstić information content (AvgIpc) is 3.03. The number of nitrogens with zero attached hydrogens (tertiary/aromatic N) is 1. The Labute approximate surface area is 129 Å². The van der Waals surface area contributed by atoms with Crippen molar-refractivity contribution in [3.63, 3.8) is 0 Å². The molecule has 0 aliphatic heterocycles. The molecule has 1 heteroatoms. The van der Waals surface area contributed by atoms with Gasteiger partial charge >= 0.3 is 0 Å². The summed E-state index contributed by atoms with van der Waals surface area (Å²) in [6, 6.07) is 20.2. The summed E-state index contributed by atoms with van der Waals surface area (Å²) in [4.78, 5) is 0. The number of hydrogen-bond acceptors (Lipinski definition) is 0. The van der Waals surface area contributed by atoms with Gasteiger partial charge in [-0.1, -0.05) is 42.5 Å². The van der Waals surface area contributed by atoms with Crippen molar-refractivity contribution < 1.29 is 0 Å². The molecule has 1 aromatic heterocycles. The van der Waals surface area contributed by atoms with Crippen molar-refractivity contribution in [2.45, 2.75) is 13.3 Å². The minimum atomic E-state index is 1.06. The molecular weight excluding hydrogens is 266 g/mol. The lowest BCUT2D eigenvalue weighted by molar-refractivity contribution is 1.01. The first-order chi connectivity index (χ1) is 10.7. The zero-order chi connectivity index (χ0) is 14.8. The Balaban J connectivity index is 2.03. The number of aromatic nitrogens is 1. The van der Waals surface area contributed by atoms with Crippen molar-refractivity contribution in [3.8, 4) is 11.1 Å². The maximum absolute atomic E-state index is 2.33. The number of benzene rings is 3. The van der Waals surface area contributed by atoms with Crippen LogP contribution < -0.4 is 0 Å². The van der Waals surface area contributed by atoms with E-state index in [1.807, 2.05) is 0 Å². The fourth-order valence-electron chi connectivity index (χ4n) is 4.03. The summed E-state index contributed by atoms with van der Waals surface area (Å²) in [5.74, 6) is 0. The summed E-state index contributed by atoms with van der Waals surface area (Å²) in [7, 11) is 2.18. The number of rotatable bonds is 0. The molecule has 0 bridgehead atoms. The lowest BCUT2D eigenvalue weighted by Gasteiger charge is -2.04. The van der Waals surface area contributed by atoms with Gasteiger partial charge in [-0.05, 0) is 53.3 Å². The van der Waals surface area contributed by atoms with Gasteiger partial charge in [0.15, 0.2) is 0 Å². The molecule has 0 atom stereocenters. The Morgan fingerprint density at radius 2 is 1.73 bits per heavy atom. The average molecular weight is 283 g/mol. The first-order valence-electron chi connectivity index (χ1n) is 7.83. The molecule has 1 heterocycles. The Morgan fingerprint density at radius 3 is 2.64 bits per heavy atom. The van der Waals surface area contributed by atoms with Gasteiger partial charge in [-0.15, -0.1) is 0 Å². The van der Waals surface area contributed by atoms with E-state index in [2.05, 4.69) is 73.1 Å². The first-order valence-corrected chi connectivity index (χ1v) is 7.83. The molecule has 0 saturated carbocycles. The van der Waals surface area contributed by atoms with Crippen LogP contribution in [0.25, 0.3) is 32.9 Å². The molecule has 0 fully saturated rings. The molecule has 0 spiro atoms. The van der Waals surface area contributed by atoms with E-state index >= 15 is 0 Å². The highest BCUT2D eigenvalue weighted by molar-refractivity contribution is 6.16. The van der Waals surface area contributed by atoms with Crippen molar-refractivity contribution in [3.05, 3.63) is 71.3 Å². The predicted octanol–water partition coefficient (Wildman–Crippen LogP) is 5.21. The molecule has 4 aromatic rings. The lowest BCUT2D eigenvalue weighted by Crippen LogP contribution is -1.87.